The molecular weight excluding hydrogens is 370 g/mol. The van der Waals surface area contributed by atoms with Crippen molar-refractivity contribution in [2.24, 2.45) is 5.92 Å². The zero-order chi connectivity index (χ0) is 20.9. The molecule has 3 aromatic rings. The normalized spacial score (nSPS) is 14.9. The van der Waals surface area contributed by atoms with Crippen molar-refractivity contribution in [3.05, 3.63) is 71.7 Å². The summed E-state index contributed by atoms with van der Waals surface area (Å²) in [6.07, 6.45) is 9.09. The highest BCUT2D eigenvalue weighted by Gasteiger charge is 2.21. The van der Waals surface area contributed by atoms with Gasteiger partial charge in [-0.3, -0.25) is 4.98 Å². The van der Waals surface area contributed by atoms with Crippen molar-refractivity contribution in [2.75, 3.05) is 23.3 Å². The van der Waals surface area contributed by atoms with Gasteiger partial charge in [-0.15, -0.1) is 0 Å². The SMILES string of the molecule is Cc1ccc(C(C)C)cc1Nc1ccnc(N2CCC(Cc3ccncc3)CC2)n1. The molecule has 0 spiro atoms. The number of piperidine rings is 1. The number of anilines is 3. The lowest BCUT2D eigenvalue weighted by molar-refractivity contribution is 0.400. The Bertz CT molecular complexity index is 962. The summed E-state index contributed by atoms with van der Waals surface area (Å²) in [5.41, 5.74) is 5.04. The van der Waals surface area contributed by atoms with Gasteiger partial charge in [0.2, 0.25) is 5.95 Å². The van der Waals surface area contributed by atoms with Crippen molar-refractivity contribution in [2.45, 2.75) is 46.0 Å². The predicted molar refractivity (Wildman–Crippen MR) is 123 cm³/mol. The first kappa shape index (κ1) is 20.3. The van der Waals surface area contributed by atoms with Crippen LogP contribution in [0.2, 0.25) is 0 Å². The van der Waals surface area contributed by atoms with Gasteiger partial charge in [0.05, 0.1) is 0 Å². The molecule has 0 saturated carbocycles. The van der Waals surface area contributed by atoms with Crippen LogP contribution in [-0.4, -0.2) is 28.0 Å². The fourth-order valence-electron chi connectivity index (χ4n) is 4.03. The van der Waals surface area contributed by atoms with E-state index in [1.165, 1.54) is 29.5 Å². The lowest BCUT2D eigenvalue weighted by Crippen LogP contribution is -2.35. The second-order valence-electron chi connectivity index (χ2n) is 8.59. The molecule has 1 aliphatic rings. The summed E-state index contributed by atoms with van der Waals surface area (Å²) < 4.78 is 0. The number of hydrogen-bond acceptors (Lipinski definition) is 5. The van der Waals surface area contributed by atoms with Crippen molar-refractivity contribution in [1.82, 2.24) is 15.0 Å². The van der Waals surface area contributed by atoms with Gasteiger partial charge in [-0.05, 0) is 79.0 Å². The van der Waals surface area contributed by atoms with Crippen LogP contribution in [0, 0.1) is 12.8 Å². The molecule has 5 nitrogen and oxygen atoms in total. The van der Waals surface area contributed by atoms with E-state index in [1.54, 1.807) is 0 Å². The van der Waals surface area contributed by atoms with Crippen LogP contribution in [-0.2, 0) is 6.42 Å². The van der Waals surface area contributed by atoms with E-state index in [0.717, 1.165) is 37.0 Å². The van der Waals surface area contributed by atoms with Gasteiger partial charge in [0, 0.05) is 37.4 Å². The van der Waals surface area contributed by atoms with Gasteiger partial charge in [-0.1, -0.05) is 26.0 Å². The van der Waals surface area contributed by atoms with Crippen molar-refractivity contribution in [3.63, 3.8) is 0 Å². The van der Waals surface area contributed by atoms with Crippen LogP contribution in [0.3, 0.4) is 0 Å². The zero-order valence-corrected chi connectivity index (χ0v) is 18.2. The molecule has 0 unspecified atom stereocenters. The van der Waals surface area contributed by atoms with Crippen LogP contribution < -0.4 is 10.2 Å². The van der Waals surface area contributed by atoms with E-state index in [4.69, 9.17) is 4.98 Å². The van der Waals surface area contributed by atoms with E-state index in [9.17, 15) is 0 Å². The topological polar surface area (TPSA) is 53.9 Å². The first-order chi connectivity index (χ1) is 14.6. The van der Waals surface area contributed by atoms with Crippen LogP contribution in [0.1, 0.15) is 49.3 Å². The van der Waals surface area contributed by atoms with E-state index in [2.05, 4.69) is 71.3 Å². The Morgan fingerprint density at radius 3 is 2.53 bits per heavy atom. The largest absolute Gasteiger partial charge is 0.341 e. The number of rotatable bonds is 6. The first-order valence-electron chi connectivity index (χ1n) is 10.9. The molecule has 4 rings (SSSR count). The minimum atomic E-state index is 0.501. The molecule has 1 aliphatic heterocycles. The molecule has 0 radical (unpaired) electrons. The molecule has 1 aromatic carbocycles. The summed E-state index contributed by atoms with van der Waals surface area (Å²) >= 11 is 0. The number of hydrogen-bond donors (Lipinski definition) is 1. The molecule has 30 heavy (non-hydrogen) atoms. The van der Waals surface area contributed by atoms with Crippen LogP contribution in [0.25, 0.3) is 0 Å². The van der Waals surface area contributed by atoms with Crippen molar-refractivity contribution in [1.29, 1.82) is 0 Å². The minimum Gasteiger partial charge on any atom is -0.341 e. The van der Waals surface area contributed by atoms with Gasteiger partial charge in [0.25, 0.3) is 0 Å². The van der Waals surface area contributed by atoms with Crippen LogP contribution >= 0.6 is 0 Å². The highest BCUT2D eigenvalue weighted by molar-refractivity contribution is 5.62. The third-order valence-corrected chi connectivity index (χ3v) is 6.01. The van der Waals surface area contributed by atoms with Gasteiger partial charge >= 0.3 is 0 Å². The minimum absolute atomic E-state index is 0.501. The Morgan fingerprint density at radius 1 is 1.03 bits per heavy atom. The molecule has 2 aromatic heterocycles. The molecule has 0 amide bonds. The molecule has 0 atom stereocenters. The summed E-state index contributed by atoms with van der Waals surface area (Å²) in [5.74, 6) is 2.88. The van der Waals surface area contributed by atoms with Gasteiger partial charge in [-0.25, -0.2) is 4.98 Å². The fraction of sp³-hybridized carbons (Fsp3) is 0.400. The van der Waals surface area contributed by atoms with Crippen molar-refractivity contribution < 1.29 is 0 Å². The maximum absolute atomic E-state index is 4.81. The number of nitrogens with one attached hydrogen (secondary N) is 1. The van der Waals surface area contributed by atoms with Gasteiger partial charge in [-0.2, -0.15) is 4.98 Å². The van der Waals surface area contributed by atoms with Gasteiger partial charge in [0.1, 0.15) is 5.82 Å². The maximum Gasteiger partial charge on any atom is 0.227 e. The molecule has 1 fully saturated rings. The first-order valence-corrected chi connectivity index (χ1v) is 10.9. The predicted octanol–water partition coefficient (Wildman–Crippen LogP) is 5.51. The number of aromatic nitrogens is 3. The molecular formula is C25H31N5. The smallest absolute Gasteiger partial charge is 0.227 e. The van der Waals surface area contributed by atoms with Crippen LogP contribution in [0.4, 0.5) is 17.5 Å². The molecule has 1 saturated heterocycles. The van der Waals surface area contributed by atoms with E-state index in [-0.39, 0.29) is 0 Å². The molecule has 156 valence electrons. The lowest BCUT2D eigenvalue weighted by Gasteiger charge is -2.32. The van der Waals surface area contributed by atoms with Crippen molar-refractivity contribution >= 4 is 17.5 Å². The van der Waals surface area contributed by atoms with E-state index in [0.29, 0.717) is 11.8 Å². The Morgan fingerprint density at radius 2 is 1.80 bits per heavy atom. The fourth-order valence-corrected chi connectivity index (χ4v) is 4.03. The Kier molecular flexibility index (Phi) is 6.26. The summed E-state index contributed by atoms with van der Waals surface area (Å²) in [6, 6.07) is 12.8. The van der Waals surface area contributed by atoms with Crippen LogP contribution in [0.15, 0.2) is 55.0 Å². The highest BCUT2D eigenvalue weighted by atomic mass is 15.3. The summed E-state index contributed by atoms with van der Waals surface area (Å²) in [4.78, 5) is 15.8. The van der Waals surface area contributed by atoms with Crippen molar-refractivity contribution in [3.8, 4) is 0 Å². The Hall–Kier alpha value is -2.95. The third kappa shape index (κ3) is 4.96. The summed E-state index contributed by atoms with van der Waals surface area (Å²) in [7, 11) is 0. The monoisotopic (exact) mass is 401 g/mol. The Balaban J connectivity index is 1.40. The van der Waals surface area contributed by atoms with E-state index >= 15 is 0 Å². The lowest BCUT2D eigenvalue weighted by atomic mass is 9.90. The van der Waals surface area contributed by atoms with Gasteiger partial charge in [0.15, 0.2) is 0 Å². The molecule has 3 heterocycles. The zero-order valence-electron chi connectivity index (χ0n) is 18.2. The van der Waals surface area contributed by atoms with Crippen LogP contribution in [0.5, 0.6) is 0 Å². The molecule has 5 heteroatoms. The number of nitrogens with zero attached hydrogens (tertiary/aromatic N) is 4. The molecule has 0 aliphatic carbocycles. The number of aryl methyl sites for hydroxylation is 1. The molecule has 1 N–H and O–H groups in total. The maximum atomic E-state index is 4.81. The third-order valence-electron chi connectivity index (χ3n) is 6.01. The second-order valence-corrected chi connectivity index (χ2v) is 8.59. The van der Waals surface area contributed by atoms with Gasteiger partial charge < -0.3 is 10.2 Å². The average Bonchev–Trinajstić information content (AvgIpc) is 2.76. The summed E-state index contributed by atoms with van der Waals surface area (Å²) in [5, 5.41) is 3.50. The standard InChI is InChI=1S/C25H31N5/c1-18(2)22-5-4-19(3)23(17-22)28-24-8-13-27-25(29-24)30-14-9-21(10-15-30)16-20-6-11-26-12-7-20/h4-8,11-13,17-18,21H,9-10,14-16H2,1-3H3,(H,27,28,29). The quantitative estimate of drug-likeness (QED) is 0.590. The highest BCUT2D eigenvalue weighted by Crippen LogP contribution is 2.27. The van der Waals surface area contributed by atoms with E-state index in [1.807, 2.05) is 24.7 Å². The number of pyridine rings is 1. The van der Waals surface area contributed by atoms with E-state index < -0.39 is 0 Å². The summed E-state index contributed by atoms with van der Waals surface area (Å²) in [6.45, 7) is 8.56. The average molecular weight is 402 g/mol. The molecule has 0 bridgehead atoms. The second kappa shape index (κ2) is 9.24. The Labute approximate surface area is 179 Å². The number of benzene rings is 1.